The Kier molecular flexibility index (Phi) is 4.57. The maximum absolute atomic E-state index is 12.0. The number of hydrogen-bond donors (Lipinski definition) is 3. The molecule has 0 saturated heterocycles. The van der Waals surface area contributed by atoms with Gasteiger partial charge in [0.25, 0.3) is 0 Å². The molecule has 1 heterocycles. The lowest BCUT2D eigenvalue weighted by Crippen LogP contribution is -2.42. The van der Waals surface area contributed by atoms with Gasteiger partial charge in [-0.2, -0.15) is 5.10 Å². The average molecular weight is 289 g/mol. The maximum atomic E-state index is 12.0. The van der Waals surface area contributed by atoms with Crippen LogP contribution in [0.1, 0.15) is 26.0 Å². The molecule has 1 aromatic carbocycles. The van der Waals surface area contributed by atoms with Crippen molar-refractivity contribution in [3.63, 3.8) is 0 Å². The second-order valence-electron chi connectivity index (χ2n) is 5.48. The fraction of sp³-hybridized carbons (Fsp3) is 0.400. The number of nitrogens with one attached hydrogen (secondary N) is 2. The minimum absolute atomic E-state index is 0.0857. The molecule has 2 rings (SSSR count). The molecule has 3 N–H and O–H groups in total. The standard InChI is InChI=1S/C15H19N3O3/c1-9(2)7-13(15(20)21)16-14(19)8-12-10-5-3-4-6-11(10)17-18-12/h3-6,9,13H,7-8H2,1-2H3,(H,16,19)(H,17,18)(H,20,21)/t13-/m1/s1. The van der Waals surface area contributed by atoms with Crippen LogP contribution >= 0.6 is 0 Å². The first-order valence-corrected chi connectivity index (χ1v) is 6.91. The number of aromatic amines is 1. The summed E-state index contributed by atoms with van der Waals surface area (Å²) in [6.07, 6.45) is 0.493. The molecule has 0 fully saturated rings. The molecule has 0 aliphatic rings. The fourth-order valence-electron chi connectivity index (χ4n) is 2.25. The number of carboxylic acids is 1. The molecule has 21 heavy (non-hydrogen) atoms. The van der Waals surface area contributed by atoms with Gasteiger partial charge in [-0.15, -0.1) is 0 Å². The van der Waals surface area contributed by atoms with Crippen molar-refractivity contribution < 1.29 is 14.7 Å². The van der Waals surface area contributed by atoms with Crippen LogP contribution in [0.2, 0.25) is 0 Å². The van der Waals surface area contributed by atoms with Crippen molar-refractivity contribution in [2.45, 2.75) is 32.7 Å². The van der Waals surface area contributed by atoms with E-state index in [0.717, 1.165) is 10.9 Å². The minimum Gasteiger partial charge on any atom is -0.480 e. The van der Waals surface area contributed by atoms with Crippen molar-refractivity contribution in [2.24, 2.45) is 5.92 Å². The molecule has 6 nitrogen and oxygen atoms in total. The van der Waals surface area contributed by atoms with Crippen LogP contribution in [0.25, 0.3) is 10.9 Å². The Bertz CT molecular complexity index is 648. The molecule has 112 valence electrons. The van der Waals surface area contributed by atoms with E-state index in [1.165, 1.54) is 0 Å². The van der Waals surface area contributed by atoms with Crippen LogP contribution in [0.5, 0.6) is 0 Å². The highest BCUT2D eigenvalue weighted by Crippen LogP contribution is 2.15. The highest BCUT2D eigenvalue weighted by atomic mass is 16.4. The molecule has 0 unspecified atom stereocenters. The number of aliphatic carboxylic acids is 1. The monoisotopic (exact) mass is 289 g/mol. The Balaban J connectivity index is 2.05. The topological polar surface area (TPSA) is 95.1 Å². The number of rotatable bonds is 6. The van der Waals surface area contributed by atoms with Gasteiger partial charge in [0, 0.05) is 5.39 Å². The lowest BCUT2D eigenvalue weighted by Gasteiger charge is -2.16. The zero-order valence-electron chi connectivity index (χ0n) is 12.1. The summed E-state index contributed by atoms with van der Waals surface area (Å²) in [7, 11) is 0. The summed E-state index contributed by atoms with van der Waals surface area (Å²) in [5.74, 6) is -1.14. The Morgan fingerprint density at radius 1 is 1.33 bits per heavy atom. The van der Waals surface area contributed by atoms with E-state index < -0.39 is 12.0 Å². The van der Waals surface area contributed by atoms with Crippen LogP contribution in [-0.2, 0) is 16.0 Å². The molecular weight excluding hydrogens is 270 g/mol. The molecule has 1 amide bonds. The molecule has 0 radical (unpaired) electrons. The van der Waals surface area contributed by atoms with Crippen molar-refractivity contribution >= 4 is 22.8 Å². The molecule has 0 saturated carbocycles. The Hall–Kier alpha value is -2.37. The number of fused-ring (bicyclic) bond motifs is 1. The van der Waals surface area contributed by atoms with E-state index in [4.69, 9.17) is 5.11 Å². The van der Waals surface area contributed by atoms with Gasteiger partial charge < -0.3 is 10.4 Å². The van der Waals surface area contributed by atoms with E-state index in [-0.39, 0.29) is 18.2 Å². The van der Waals surface area contributed by atoms with Crippen molar-refractivity contribution in [3.05, 3.63) is 30.0 Å². The summed E-state index contributed by atoms with van der Waals surface area (Å²) >= 11 is 0. The summed E-state index contributed by atoms with van der Waals surface area (Å²) < 4.78 is 0. The van der Waals surface area contributed by atoms with Gasteiger partial charge in [0.05, 0.1) is 17.6 Å². The Morgan fingerprint density at radius 2 is 2.05 bits per heavy atom. The lowest BCUT2D eigenvalue weighted by atomic mass is 10.0. The highest BCUT2D eigenvalue weighted by Gasteiger charge is 2.21. The molecule has 2 aromatic rings. The van der Waals surface area contributed by atoms with Crippen molar-refractivity contribution in [2.75, 3.05) is 0 Å². The van der Waals surface area contributed by atoms with Crippen LogP contribution in [0, 0.1) is 5.92 Å². The third-order valence-corrected chi connectivity index (χ3v) is 3.22. The quantitative estimate of drug-likeness (QED) is 0.754. The second kappa shape index (κ2) is 6.39. The van der Waals surface area contributed by atoms with Crippen molar-refractivity contribution in [1.82, 2.24) is 15.5 Å². The summed E-state index contributed by atoms with van der Waals surface area (Å²) in [4.78, 5) is 23.2. The van der Waals surface area contributed by atoms with E-state index in [9.17, 15) is 9.59 Å². The number of carbonyl (C=O) groups excluding carboxylic acids is 1. The third kappa shape index (κ3) is 3.81. The van der Waals surface area contributed by atoms with Gasteiger partial charge in [-0.3, -0.25) is 9.89 Å². The summed E-state index contributed by atoms with van der Waals surface area (Å²) in [5.41, 5.74) is 1.48. The van der Waals surface area contributed by atoms with Crippen LogP contribution in [0.4, 0.5) is 0 Å². The zero-order valence-corrected chi connectivity index (χ0v) is 12.1. The Morgan fingerprint density at radius 3 is 2.71 bits per heavy atom. The van der Waals surface area contributed by atoms with E-state index in [2.05, 4.69) is 15.5 Å². The summed E-state index contributed by atoms with van der Waals surface area (Å²) in [6, 6.07) is 6.62. The smallest absolute Gasteiger partial charge is 0.326 e. The largest absolute Gasteiger partial charge is 0.480 e. The molecule has 1 aromatic heterocycles. The molecular formula is C15H19N3O3. The molecule has 1 atom stereocenters. The number of carboxylic acid groups (broad SMARTS) is 1. The predicted octanol–water partition coefficient (Wildman–Crippen LogP) is 1.72. The number of hydrogen-bond acceptors (Lipinski definition) is 3. The van der Waals surface area contributed by atoms with Crippen LogP contribution in [0.3, 0.4) is 0 Å². The predicted molar refractivity (Wildman–Crippen MR) is 78.8 cm³/mol. The first-order chi connectivity index (χ1) is 9.97. The van der Waals surface area contributed by atoms with Gasteiger partial charge in [-0.1, -0.05) is 32.0 Å². The SMILES string of the molecule is CC(C)C[C@@H](NC(=O)Cc1[nH]nc2ccccc12)C(=O)O. The number of H-pyrrole nitrogens is 1. The molecule has 0 bridgehead atoms. The minimum atomic E-state index is -1.01. The normalized spacial score (nSPS) is 12.5. The second-order valence-corrected chi connectivity index (χ2v) is 5.48. The van der Waals surface area contributed by atoms with Gasteiger partial charge in [-0.25, -0.2) is 4.79 Å². The number of para-hydroxylation sites is 1. The number of aromatic nitrogens is 2. The zero-order chi connectivity index (χ0) is 15.4. The van der Waals surface area contributed by atoms with E-state index in [0.29, 0.717) is 12.1 Å². The van der Waals surface area contributed by atoms with Crippen molar-refractivity contribution in [3.8, 4) is 0 Å². The maximum Gasteiger partial charge on any atom is 0.326 e. The molecule has 0 aliphatic carbocycles. The average Bonchev–Trinajstić information content (AvgIpc) is 2.81. The number of benzene rings is 1. The van der Waals surface area contributed by atoms with Crippen LogP contribution in [-0.4, -0.2) is 33.2 Å². The van der Waals surface area contributed by atoms with Gasteiger partial charge >= 0.3 is 5.97 Å². The molecule has 0 spiro atoms. The van der Waals surface area contributed by atoms with Gasteiger partial charge in [0.2, 0.25) is 5.91 Å². The van der Waals surface area contributed by atoms with E-state index in [1.54, 1.807) is 0 Å². The number of nitrogens with zero attached hydrogens (tertiary/aromatic N) is 1. The number of amides is 1. The van der Waals surface area contributed by atoms with Crippen molar-refractivity contribution in [1.29, 1.82) is 0 Å². The highest BCUT2D eigenvalue weighted by molar-refractivity contribution is 5.89. The Labute approximate surface area is 122 Å². The molecule has 6 heteroatoms. The number of carbonyl (C=O) groups is 2. The van der Waals surface area contributed by atoms with E-state index in [1.807, 2.05) is 38.1 Å². The van der Waals surface area contributed by atoms with E-state index >= 15 is 0 Å². The van der Waals surface area contributed by atoms with Gasteiger partial charge in [0.15, 0.2) is 0 Å². The fourth-order valence-corrected chi connectivity index (χ4v) is 2.25. The van der Waals surface area contributed by atoms with Gasteiger partial charge in [0.1, 0.15) is 6.04 Å². The van der Waals surface area contributed by atoms with Gasteiger partial charge in [-0.05, 0) is 18.4 Å². The lowest BCUT2D eigenvalue weighted by molar-refractivity contribution is -0.142. The summed E-state index contributed by atoms with van der Waals surface area (Å²) in [5, 5.41) is 19.5. The first kappa shape index (κ1) is 15.0. The molecule has 0 aliphatic heterocycles. The van der Waals surface area contributed by atoms with Crippen LogP contribution in [0.15, 0.2) is 24.3 Å². The summed E-state index contributed by atoms with van der Waals surface area (Å²) in [6.45, 7) is 3.84. The van der Waals surface area contributed by atoms with Crippen LogP contribution < -0.4 is 5.32 Å². The first-order valence-electron chi connectivity index (χ1n) is 6.91. The third-order valence-electron chi connectivity index (χ3n) is 3.22.